The van der Waals surface area contributed by atoms with E-state index in [0.717, 1.165) is 22.4 Å². The lowest BCUT2D eigenvalue weighted by Gasteiger charge is -2.17. The van der Waals surface area contributed by atoms with E-state index in [4.69, 9.17) is 21.4 Å². The van der Waals surface area contributed by atoms with Crippen molar-refractivity contribution < 1.29 is 17.6 Å². The van der Waals surface area contributed by atoms with E-state index in [1.165, 1.54) is 18.4 Å². The van der Waals surface area contributed by atoms with Crippen molar-refractivity contribution in [1.82, 2.24) is 0 Å². The molecule has 2 N–H and O–H groups in total. The van der Waals surface area contributed by atoms with Gasteiger partial charge in [-0.05, 0) is 67.9 Å². The minimum absolute atomic E-state index is 0.0945. The Morgan fingerprint density at radius 1 is 1.33 bits per heavy atom. The molecule has 128 valence electrons. The average molecular weight is 366 g/mol. The number of thiocarbonyl (C=S) groups is 1. The van der Waals surface area contributed by atoms with Gasteiger partial charge in [-0.1, -0.05) is 0 Å². The molecule has 0 aliphatic carbocycles. The van der Waals surface area contributed by atoms with Crippen molar-refractivity contribution >= 4 is 38.8 Å². The van der Waals surface area contributed by atoms with Gasteiger partial charge in [-0.25, -0.2) is 0 Å². The molecule has 1 aromatic carbocycles. The van der Waals surface area contributed by atoms with Gasteiger partial charge in [-0.15, -0.1) is 0 Å². The van der Waals surface area contributed by atoms with E-state index in [0.29, 0.717) is 17.3 Å². The molecule has 0 bridgehead atoms. The average Bonchev–Trinajstić information content (AvgIpc) is 2.99. The summed E-state index contributed by atoms with van der Waals surface area (Å²) in [5.41, 5.74) is 4.08. The number of hydrogen-bond acceptors (Lipinski definition) is 5. The predicted molar refractivity (Wildman–Crippen MR) is 95.9 cm³/mol. The molecule has 1 atom stereocenters. The van der Waals surface area contributed by atoms with Crippen molar-refractivity contribution in [1.29, 1.82) is 0 Å². The molecular weight excluding hydrogens is 348 g/mol. The summed E-state index contributed by atoms with van der Waals surface area (Å²) in [6.45, 7) is 5.70. The highest BCUT2D eigenvalue weighted by Crippen LogP contribution is 2.34. The summed E-state index contributed by atoms with van der Waals surface area (Å²) in [5.74, 6) is 0. The first kappa shape index (κ1) is 16.8. The summed E-state index contributed by atoms with van der Waals surface area (Å²) in [6.07, 6.45) is 1.86. The quantitative estimate of drug-likeness (QED) is 0.811. The molecule has 2 aromatic rings. The zero-order valence-corrected chi connectivity index (χ0v) is 15.2. The molecule has 2 heterocycles. The number of furan rings is 1. The topological polar surface area (TPSA) is 80.6 Å². The van der Waals surface area contributed by atoms with Crippen molar-refractivity contribution in [2.75, 3.05) is 10.0 Å². The number of hydrogen-bond donors (Lipinski definition) is 2. The van der Waals surface area contributed by atoms with E-state index in [9.17, 15) is 8.42 Å². The fourth-order valence-corrected chi connectivity index (χ4v) is 4.01. The summed E-state index contributed by atoms with van der Waals surface area (Å²) < 4.78 is 38.0. The van der Waals surface area contributed by atoms with Crippen LogP contribution in [0.5, 0.6) is 0 Å². The summed E-state index contributed by atoms with van der Waals surface area (Å²) in [5, 5.41) is 3.30. The largest absolute Gasteiger partial charge is 0.467 e. The van der Waals surface area contributed by atoms with Crippen LogP contribution in [0.1, 0.15) is 23.6 Å². The van der Waals surface area contributed by atoms with E-state index in [2.05, 4.69) is 10.0 Å². The number of rotatable bonds is 3. The molecule has 6 nitrogen and oxygen atoms in total. The maximum Gasteiger partial charge on any atom is 0.295 e. The number of ether oxygens (including phenoxy) is 1. The van der Waals surface area contributed by atoms with Crippen molar-refractivity contribution in [2.45, 2.75) is 38.4 Å². The zero-order chi connectivity index (χ0) is 17.5. The molecule has 0 saturated carbocycles. The number of nitrogens with one attached hydrogen (secondary N) is 2. The number of anilines is 2. The van der Waals surface area contributed by atoms with Crippen LogP contribution in [0.4, 0.5) is 11.4 Å². The summed E-state index contributed by atoms with van der Waals surface area (Å²) in [7, 11) is -3.76. The van der Waals surface area contributed by atoms with E-state index < -0.39 is 10.0 Å². The Morgan fingerprint density at radius 3 is 2.75 bits per heavy atom. The Morgan fingerprint density at radius 2 is 2.08 bits per heavy atom. The van der Waals surface area contributed by atoms with Gasteiger partial charge in [0.1, 0.15) is 6.10 Å². The molecule has 0 spiro atoms. The molecule has 8 heteroatoms. The predicted octanol–water partition coefficient (Wildman–Crippen LogP) is 3.36. The standard InChI is InChI=1S/C16H18N2O4S2/c1-9-7-12-8-13(18-24(19,20)14-5-4-6-21-14)10(2)11(3)15(12)17-16(23)22-9/h4-6,8-9,18H,7H2,1-3H3,(H,17,23). The van der Waals surface area contributed by atoms with Gasteiger partial charge in [0, 0.05) is 12.1 Å². The van der Waals surface area contributed by atoms with Gasteiger partial charge in [0.15, 0.2) is 0 Å². The first-order valence-electron chi connectivity index (χ1n) is 7.45. The van der Waals surface area contributed by atoms with Gasteiger partial charge < -0.3 is 14.5 Å². The second-order valence-electron chi connectivity index (χ2n) is 5.79. The molecule has 0 fully saturated rings. The molecule has 24 heavy (non-hydrogen) atoms. The third-order valence-corrected chi connectivity index (χ3v) is 5.48. The van der Waals surface area contributed by atoms with Crippen LogP contribution in [-0.4, -0.2) is 19.7 Å². The van der Waals surface area contributed by atoms with E-state index in [1.807, 2.05) is 26.8 Å². The van der Waals surface area contributed by atoms with Crippen LogP contribution < -0.4 is 10.0 Å². The Kier molecular flexibility index (Phi) is 4.27. The Labute approximate surface area is 146 Å². The van der Waals surface area contributed by atoms with E-state index in [-0.39, 0.29) is 11.2 Å². The Hall–Kier alpha value is -2.06. The van der Waals surface area contributed by atoms with Gasteiger partial charge in [0.2, 0.25) is 5.09 Å². The maximum atomic E-state index is 12.4. The molecule has 1 aliphatic rings. The smallest absolute Gasteiger partial charge is 0.295 e. The van der Waals surface area contributed by atoms with Crippen LogP contribution in [-0.2, 0) is 21.2 Å². The van der Waals surface area contributed by atoms with Crippen LogP contribution in [0, 0.1) is 13.8 Å². The first-order chi connectivity index (χ1) is 11.3. The molecule has 0 radical (unpaired) electrons. The van der Waals surface area contributed by atoms with Gasteiger partial charge in [-0.2, -0.15) is 8.42 Å². The number of sulfonamides is 1. The Bertz CT molecular complexity index is 889. The summed E-state index contributed by atoms with van der Waals surface area (Å²) >= 11 is 5.17. The van der Waals surface area contributed by atoms with Gasteiger partial charge in [0.05, 0.1) is 12.0 Å². The highest BCUT2D eigenvalue weighted by atomic mass is 32.2. The fraction of sp³-hybridized carbons (Fsp3) is 0.312. The summed E-state index contributed by atoms with van der Waals surface area (Å²) in [6, 6.07) is 4.76. The van der Waals surface area contributed by atoms with Crippen molar-refractivity contribution in [3.05, 3.63) is 41.2 Å². The molecule has 1 unspecified atom stereocenters. The minimum atomic E-state index is -3.76. The first-order valence-corrected chi connectivity index (χ1v) is 9.34. The normalized spacial score (nSPS) is 17.5. The fourth-order valence-electron chi connectivity index (χ4n) is 2.70. The van der Waals surface area contributed by atoms with Crippen molar-refractivity contribution in [3.8, 4) is 0 Å². The zero-order valence-electron chi connectivity index (χ0n) is 13.5. The van der Waals surface area contributed by atoms with Gasteiger partial charge in [0.25, 0.3) is 15.2 Å². The van der Waals surface area contributed by atoms with E-state index in [1.54, 1.807) is 0 Å². The van der Waals surface area contributed by atoms with Crippen LogP contribution in [0.15, 0.2) is 34.0 Å². The number of fused-ring (bicyclic) bond motifs is 1. The molecule has 3 rings (SSSR count). The third kappa shape index (κ3) is 3.11. The molecule has 0 saturated heterocycles. The van der Waals surface area contributed by atoms with Crippen molar-refractivity contribution in [2.24, 2.45) is 0 Å². The molecule has 1 aromatic heterocycles. The van der Waals surface area contributed by atoms with E-state index >= 15 is 0 Å². The molecule has 0 amide bonds. The van der Waals surface area contributed by atoms with Crippen LogP contribution in [0.25, 0.3) is 0 Å². The summed E-state index contributed by atoms with van der Waals surface area (Å²) in [4.78, 5) is 0. The van der Waals surface area contributed by atoms with Crippen LogP contribution in [0.3, 0.4) is 0 Å². The lowest BCUT2D eigenvalue weighted by molar-refractivity contribution is 0.217. The monoisotopic (exact) mass is 366 g/mol. The lowest BCUT2D eigenvalue weighted by Crippen LogP contribution is -2.17. The lowest BCUT2D eigenvalue weighted by atomic mass is 9.97. The minimum Gasteiger partial charge on any atom is -0.467 e. The molecular formula is C16H18N2O4S2. The second-order valence-corrected chi connectivity index (χ2v) is 7.78. The van der Waals surface area contributed by atoms with Crippen molar-refractivity contribution in [3.63, 3.8) is 0 Å². The Balaban J connectivity index is 2.05. The SMILES string of the molecule is Cc1c(NS(=O)(=O)c2ccco2)cc2c(c1C)NC(=S)OC(C)C2. The molecule has 1 aliphatic heterocycles. The van der Waals surface area contributed by atoms with Crippen LogP contribution in [0.2, 0.25) is 0 Å². The number of benzene rings is 1. The van der Waals surface area contributed by atoms with Gasteiger partial charge >= 0.3 is 0 Å². The van der Waals surface area contributed by atoms with Crippen LogP contribution >= 0.6 is 12.2 Å². The third-order valence-electron chi connectivity index (χ3n) is 4.03. The van der Waals surface area contributed by atoms with Gasteiger partial charge in [-0.3, -0.25) is 4.72 Å². The highest BCUT2D eigenvalue weighted by molar-refractivity contribution is 7.92. The second kappa shape index (κ2) is 6.10. The maximum absolute atomic E-state index is 12.4. The highest BCUT2D eigenvalue weighted by Gasteiger charge is 2.24.